The first kappa shape index (κ1) is 16.3. The number of anilines is 1. The van der Waals surface area contributed by atoms with E-state index in [2.05, 4.69) is 29.4 Å². The normalized spacial score (nSPS) is 10.6. The van der Waals surface area contributed by atoms with Gasteiger partial charge < -0.3 is 11.1 Å². The van der Waals surface area contributed by atoms with Gasteiger partial charge in [0.25, 0.3) is 0 Å². The van der Waals surface area contributed by atoms with E-state index in [-0.39, 0.29) is 16.4 Å². The van der Waals surface area contributed by atoms with Gasteiger partial charge in [0, 0.05) is 17.7 Å². The monoisotopic (exact) mass is 300 g/mol. The van der Waals surface area contributed by atoms with Crippen molar-refractivity contribution in [1.29, 1.82) is 0 Å². The van der Waals surface area contributed by atoms with E-state index < -0.39 is 11.7 Å². The van der Waals surface area contributed by atoms with Crippen LogP contribution in [0.1, 0.15) is 37.3 Å². The van der Waals surface area contributed by atoms with Gasteiger partial charge in [-0.25, -0.2) is 0 Å². The molecule has 0 radical (unpaired) electrons. The van der Waals surface area contributed by atoms with Crippen molar-refractivity contribution >= 4 is 23.0 Å². The summed E-state index contributed by atoms with van der Waals surface area (Å²) in [6, 6.07) is 3.75. The quantitative estimate of drug-likeness (QED) is 0.505. The number of nitrogens with one attached hydrogen (secondary N) is 1. The lowest BCUT2D eigenvalue weighted by Gasteiger charge is -2.12. The molecule has 0 aliphatic carbocycles. The maximum absolute atomic E-state index is 13.0. The Kier molecular flexibility index (Phi) is 5.83. The Labute approximate surface area is 121 Å². The molecule has 0 unspecified atom stereocenters. The number of alkyl halides is 3. The minimum atomic E-state index is -4.47. The molecule has 108 valence electrons. The van der Waals surface area contributed by atoms with E-state index in [1.807, 2.05) is 6.92 Å². The number of halogens is 3. The van der Waals surface area contributed by atoms with Crippen LogP contribution in [-0.4, -0.2) is 5.11 Å². The Morgan fingerprint density at radius 2 is 2.10 bits per heavy atom. The standard InChI is InChI=1S/C14H15F3N2S/c1-2-3-4-5-6-10-7-8-11(19-13(18)20)9-12(10)14(15,16)17/h7-9H,2-4H2,1H3,(H3,18,19,20). The molecule has 0 amide bonds. The Bertz CT molecular complexity index is 542. The van der Waals surface area contributed by atoms with Crippen LogP contribution < -0.4 is 11.1 Å². The number of thiocarbonyl (C=S) groups is 1. The average molecular weight is 300 g/mol. The van der Waals surface area contributed by atoms with Gasteiger partial charge in [0.05, 0.1) is 5.56 Å². The SMILES string of the molecule is CCCCC#Cc1ccc(NC(N)=S)cc1C(F)(F)F. The second-order valence-electron chi connectivity index (χ2n) is 4.15. The molecule has 1 aromatic rings. The summed E-state index contributed by atoms with van der Waals surface area (Å²) in [6.45, 7) is 2.00. The second-order valence-corrected chi connectivity index (χ2v) is 4.59. The Morgan fingerprint density at radius 1 is 1.40 bits per heavy atom. The number of hydrogen-bond acceptors (Lipinski definition) is 1. The molecule has 0 atom stereocenters. The van der Waals surface area contributed by atoms with E-state index in [1.54, 1.807) is 0 Å². The van der Waals surface area contributed by atoms with Gasteiger partial charge in [-0.15, -0.1) is 0 Å². The predicted octanol–water partition coefficient (Wildman–Crippen LogP) is 3.90. The van der Waals surface area contributed by atoms with Crippen molar-refractivity contribution in [1.82, 2.24) is 0 Å². The van der Waals surface area contributed by atoms with Crippen LogP contribution in [0.15, 0.2) is 18.2 Å². The lowest BCUT2D eigenvalue weighted by atomic mass is 10.1. The Hall–Kier alpha value is -1.74. The van der Waals surface area contributed by atoms with Gasteiger partial charge in [0.1, 0.15) is 0 Å². The number of hydrogen-bond donors (Lipinski definition) is 2. The fraction of sp³-hybridized carbons (Fsp3) is 0.357. The van der Waals surface area contributed by atoms with Crippen LogP contribution in [0.2, 0.25) is 0 Å². The van der Waals surface area contributed by atoms with E-state index in [0.29, 0.717) is 6.42 Å². The summed E-state index contributed by atoms with van der Waals surface area (Å²) in [5.74, 6) is 5.33. The van der Waals surface area contributed by atoms with Crippen molar-refractivity contribution in [3.8, 4) is 11.8 Å². The smallest absolute Gasteiger partial charge is 0.376 e. The van der Waals surface area contributed by atoms with Crippen molar-refractivity contribution < 1.29 is 13.2 Å². The van der Waals surface area contributed by atoms with Crippen molar-refractivity contribution in [2.45, 2.75) is 32.4 Å². The third-order valence-electron chi connectivity index (χ3n) is 2.47. The molecule has 0 aliphatic rings. The third kappa shape index (κ3) is 5.10. The molecule has 0 aromatic heterocycles. The van der Waals surface area contributed by atoms with Gasteiger partial charge in [-0.05, 0) is 36.8 Å². The highest BCUT2D eigenvalue weighted by Crippen LogP contribution is 2.33. The van der Waals surface area contributed by atoms with Crippen molar-refractivity contribution in [3.05, 3.63) is 29.3 Å². The minimum absolute atomic E-state index is 0.0397. The minimum Gasteiger partial charge on any atom is -0.376 e. The molecule has 0 bridgehead atoms. The fourth-order valence-electron chi connectivity index (χ4n) is 1.53. The molecule has 1 aromatic carbocycles. The molecule has 0 saturated carbocycles. The molecule has 3 N–H and O–H groups in total. The van der Waals surface area contributed by atoms with Gasteiger partial charge in [-0.1, -0.05) is 25.2 Å². The Morgan fingerprint density at radius 3 is 2.65 bits per heavy atom. The van der Waals surface area contributed by atoms with E-state index in [4.69, 9.17) is 5.73 Å². The lowest BCUT2D eigenvalue weighted by molar-refractivity contribution is -0.137. The number of unbranched alkanes of at least 4 members (excludes halogenated alkanes) is 2. The zero-order valence-electron chi connectivity index (χ0n) is 11.0. The van der Waals surface area contributed by atoms with Gasteiger partial charge in [-0.2, -0.15) is 13.2 Å². The summed E-state index contributed by atoms with van der Waals surface area (Å²) in [5.41, 5.74) is 4.62. The number of benzene rings is 1. The van der Waals surface area contributed by atoms with Gasteiger partial charge in [-0.3, -0.25) is 0 Å². The summed E-state index contributed by atoms with van der Waals surface area (Å²) in [4.78, 5) is 0. The molecule has 1 rings (SSSR count). The van der Waals surface area contributed by atoms with Gasteiger partial charge in [0.2, 0.25) is 0 Å². The molecule has 0 fully saturated rings. The molecule has 0 aliphatic heterocycles. The molecule has 20 heavy (non-hydrogen) atoms. The Balaban J connectivity index is 3.10. The van der Waals surface area contributed by atoms with Crippen LogP contribution in [0.4, 0.5) is 18.9 Å². The van der Waals surface area contributed by atoms with E-state index >= 15 is 0 Å². The summed E-state index contributed by atoms with van der Waals surface area (Å²) >= 11 is 4.60. The molecule has 0 spiro atoms. The highest BCUT2D eigenvalue weighted by molar-refractivity contribution is 7.80. The van der Waals surface area contributed by atoms with E-state index in [0.717, 1.165) is 18.9 Å². The predicted molar refractivity (Wildman–Crippen MR) is 78.3 cm³/mol. The van der Waals surface area contributed by atoms with E-state index in [1.165, 1.54) is 12.1 Å². The number of nitrogens with two attached hydrogens (primary N) is 1. The van der Waals surface area contributed by atoms with Gasteiger partial charge in [0.15, 0.2) is 5.11 Å². The zero-order valence-corrected chi connectivity index (χ0v) is 11.8. The summed E-state index contributed by atoms with van der Waals surface area (Å²) in [7, 11) is 0. The van der Waals surface area contributed by atoms with Crippen molar-refractivity contribution in [2.24, 2.45) is 5.73 Å². The first-order valence-electron chi connectivity index (χ1n) is 6.11. The lowest BCUT2D eigenvalue weighted by Crippen LogP contribution is -2.19. The maximum atomic E-state index is 13.0. The van der Waals surface area contributed by atoms with Crippen LogP contribution >= 0.6 is 12.2 Å². The van der Waals surface area contributed by atoms with Crippen LogP contribution in [0.5, 0.6) is 0 Å². The van der Waals surface area contributed by atoms with Crippen LogP contribution in [0.25, 0.3) is 0 Å². The molecule has 0 saturated heterocycles. The van der Waals surface area contributed by atoms with Gasteiger partial charge >= 0.3 is 6.18 Å². The van der Waals surface area contributed by atoms with Crippen LogP contribution in [0.3, 0.4) is 0 Å². The first-order valence-corrected chi connectivity index (χ1v) is 6.52. The molecule has 6 heteroatoms. The summed E-state index contributed by atoms with van der Waals surface area (Å²) < 4.78 is 38.9. The maximum Gasteiger partial charge on any atom is 0.417 e. The van der Waals surface area contributed by atoms with E-state index in [9.17, 15) is 13.2 Å². The third-order valence-corrected chi connectivity index (χ3v) is 2.57. The second kappa shape index (κ2) is 7.15. The van der Waals surface area contributed by atoms with Crippen molar-refractivity contribution in [2.75, 3.05) is 5.32 Å². The van der Waals surface area contributed by atoms with Crippen molar-refractivity contribution in [3.63, 3.8) is 0 Å². The topological polar surface area (TPSA) is 38.0 Å². The highest BCUT2D eigenvalue weighted by atomic mass is 32.1. The summed E-state index contributed by atoms with van der Waals surface area (Å²) in [6.07, 6.45) is -2.06. The summed E-state index contributed by atoms with van der Waals surface area (Å²) in [5, 5.41) is 2.40. The zero-order chi connectivity index (χ0) is 15.2. The highest BCUT2D eigenvalue weighted by Gasteiger charge is 2.33. The average Bonchev–Trinajstić information content (AvgIpc) is 2.34. The van der Waals surface area contributed by atoms with Crippen LogP contribution in [-0.2, 0) is 6.18 Å². The molecular weight excluding hydrogens is 285 g/mol. The first-order chi connectivity index (χ1) is 9.34. The molecule has 2 nitrogen and oxygen atoms in total. The molecule has 0 heterocycles. The molecular formula is C14H15F3N2S. The van der Waals surface area contributed by atoms with Crippen LogP contribution in [0, 0.1) is 11.8 Å². The fourth-order valence-corrected chi connectivity index (χ4v) is 1.65. The largest absolute Gasteiger partial charge is 0.417 e. The number of rotatable bonds is 3.